The van der Waals surface area contributed by atoms with Gasteiger partial charge >= 0.3 is 0 Å². The molecule has 2 unspecified atom stereocenters. The minimum atomic E-state index is -0.686. The molecule has 0 aromatic carbocycles. The first-order chi connectivity index (χ1) is 29.7. The number of hydrogen-bond acceptors (Lipinski definition) is 3. The van der Waals surface area contributed by atoms with Crippen LogP contribution in [0.5, 0.6) is 0 Å². The Morgan fingerprint density at radius 3 is 1.07 bits per heavy atom. The first kappa shape index (κ1) is 56.8. The molecule has 1 amide bonds. The third-order valence-electron chi connectivity index (χ3n) is 10.5. The second-order valence-corrected chi connectivity index (χ2v) is 16.2. The molecule has 4 heteroatoms. The molecule has 0 bridgehead atoms. The minimum absolute atomic E-state index is 0.0788. The Balaban J connectivity index is 3.71. The van der Waals surface area contributed by atoms with Crippen LogP contribution in [0.15, 0.2) is 122 Å². The smallest absolute Gasteiger partial charge is 0.220 e. The van der Waals surface area contributed by atoms with Crippen molar-refractivity contribution in [3.8, 4) is 0 Å². The maximum absolute atomic E-state index is 12.4. The number of hydrogen-bond donors (Lipinski definition) is 3. The maximum Gasteiger partial charge on any atom is 0.220 e. The molecule has 0 saturated heterocycles. The average molecular weight is 828 g/mol. The van der Waals surface area contributed by atoms with Gasteiger partial charge in [0, 0.05) is 6.42 Å². The highest BCUT2D eigenvalue weighted by Gasteiger charge is 2.19. The maximum atomic E-state index is 12.4. The Hall–Kier alpha value is -3.21. The molecule has 0 saturated carbocycles. The van der Waals surface area contributed by atoms with Crippen LogP contribution in [0.3, 0.4) is 0 Å². The number of carbonyl (C=O) groups excluding carboxylic acids is 1. The zero-order chi connectivity index (χ0) is 43.5. The minimum Gasteiger partial charge on any atom is -0.394 e. The predicted molar refractivity (Wildman–Crippen MR) is 266 cm³/mol. The molecule has 0 radical (unpaired) electrons. The number of allylic oxidation sites excluding steroid dienone is 20. The van der Waals surface area contributed by atoms with Crippen molar-refractivity contribution in [3.63, 3.8) is 0 Å². The van der Waals surface area contributed by atoms with Gasteiger partial charge in [-0.15, -0.1) is 0 Å². The standard InChI is InChI=1S/C56H93NO3/c1-3-5-7-9-11-13-15-17-19-20-21-22-23-24-25-26-27-28-29-30-31-32-33-34-35-36-38-40-42-44-46-48-50-52-56(60)57-54(53-58)55(59)51-49-47-45-43-41-39-37-18-16-14-12-10-8-6-4-2/h5,7,11,13,17,19,21-22,24-25,27-28,30-31,33-34,36,38,42,44,54-55,58-59H,3-4,6,8-10,12,14-16,18,20,23,26,29,32,35,37,39-41,43,45-53H2,1-2H3,(H,57,60)/b7-5-,13-11-,19-17-,22-21-,25-24-,28-27-,31-30-,34-33-,38-36-,44-42-. The van der Waals surface area contributed by atoms with Crippen molar-refractivity contribution in [3.05, 3.63) is 122 Å². The molecule has 0 aromatic rings. The topological polar surface area (TPSA) is 69.6 Å². The highest BCUT2D eigenvalue weighted by Crippen LogP contribution is 2.15. The fourth-order valence-corrected chi connectivity index (χ4v) is 6.74. The molecule has 60 heavy (non-hydrogen) atoms. The van der Waals surface area contributed by atoms with Crippen molar-refractivity contribution >= 4 is 5.91 Å². The fourth-order valence-electron chi connectivity index (χ4n) is 6.74. The lowest BCUT2D eigenvalue weighted by Gasteiger charge is -2.22. The summed E-state index contributed by atoms with van der Waals surface area (Å²) in [5.41, 5.74) is 0. The molecule has 0 aliphatic rings. The number of rotatable bonds is 43. The van der Waals surface area contributed by atoms with E-state index in [4.69, 9.17) is 0 Å². The van der Waals surface area contributed by atoms with E-state index < -0.39 is 12.1 Å². The molecule has 4 nitrogen and oxygen atoms in total. The fraction of sp³-hybridized carbons (Fsp3) is 0.625. The zero-order valence-electron chi connectivity index (χ0n) is 38.9. The number of amides is 1. The van der Waals surface area contributed by atoms with Crippen LogP contribution in [-0.4, -0.2) is 34.9 Å². The molecule has 3 N–H and O–H groups in total. The van der Waals surface area contributed by atoms with Crippen molar-refractivity contribution in [1.29, 1.82) is 0 Å². The van der Waals surface area contributed by atoms with E-state index in [9.17, 15) is 15.0 Å². The molecule has 0 rings (SSSR count). The van der Waals surface area contributed by atoms with Crippen LogP contribution in [0.1, 0.15) is 206 Å². The van der Waals surface area contributed by atoms with E-state index in [2.05, 4.69) is 141 Å². The first-order valence-corrected chi connectivity index (χ1v) is 24.7. The van der Waals surface area contributed by atoms with E-state index in [1.807, 2.05) is 0 Å². The summed E-state index contributed by atoms with van der Waals surface area (Å²) in [6.07, 6.45) is 77.2. The van der Waals surface area contributed by atoms with Crippen molar-refractivity contribution in [2.24, 2.45) is 0 Å². The van der Waals surface area contributed by atoms with Crippen molar-refractivity contribution in [2.45, 2.75) is 219 Å². The summed E-state index contributed by atoms with van der Waals surface area (Å²) >= 11 is 0. The van der Waals surface area contributed by atoms with Crippen LogP contribution in [-0.2, 0) is 4.79 Å². The average Bonchev–Trinajstić information content (AvgIpc) is 3.25. The van der Waals surface area contributed by atoms with Gasteiger partial charge in [-0.25, -0.2) is 0 Å². The van der Waals surface area contributed by atoms with Gasteiger partial charge in [0.2, 0.25) is 5.91 Å². The van der Waals surface area contributed by atoms with Crippen molar-refractivity contribution < 1.29 is 15.0 Å². The molecule has 0 aliphatic heterocycles. The Labute approximate surface area is 371 Å². The largest absolute Gasteiger partial charge is 0.394 e. The van der Waals surface area contributed by atoms with Gasteiger partial charge in [-0.2, -0.15) is 0 Å². The molecule has 0 aromatic heterocycles. The number of carbonyl (C=O) groups is 1. The Kier molecular flexibility index (Phi) is 47.5. The molecule has 0 heterocycles. The van der Waals surface area contributed by atoms with Crippen molar-refractivity contribution in [2.75, 3.05) is 6.61 Å². The number of unbranched alkanes of at least 4 members (excludes halogenated alkanes) is 16. The van der Waals surface area contributed by atoms with E-state index in [0.717, 1.165) is 96.3 Å². The molecule has 0 spiro atoms. The second kappa shape index (κ2) is 50.1. The molecule has 0 fully saturated rings. The third kappa shape index (κ3) is 45.9. The highest BCUT2D eigenvalue weighted by molar-refractivity contribution is 5.76. The van der Waals surface area contributed by atoms with Crippen LogP contribution in [0.2, 0.25) is 0 Å². The quantitative estimate of drug-likeness (QED) is 0.0424. The summed E-state index contributed by atoms with van der Waals surface area (Å²) in [6.45, 7) is 4.22. The van der Waals surface area contributed by atoms with E-state index in [1.165, 1.54) is 83.5 Å². The Morgan fingerprint density at radius 1 is 0.417 bits per heavy atom. The summed E-state index contributed by atoms with van der Waals surface area (Å²) in [7, 11) is 0. The van der Waals surface area contributed by atoms with Crippen LogP contribution in [0.4, 0.5) is 0 Å². The Morgan fingerprint density at radius 2 is 0.733 bits per heavy atom. The monoisotopic (exact) mass is 828 g/mol. The number of aliphatic hydroxyl groups excluding tert-OH is 2. The van der Waals surface area contributed by atoms with Crippen LogP contribution < -0.4 is 5.32 Å². The van der Waals surface area contributed by atoms with E-state index in [-0.39, 0.29) is 12.5 Å². The summed E-state index contributed by atoms with van der Waals surface area (Å²) in [5.74, 6) is -0.0788. The number of aliphatic hydroxyl groups is 2. The van der Waals surface area contributed by atoms with Crippen LogP contribution in [0, 0.1) is 0 Å². The normalized spacial score (nSPS) is 14.0. The van der Waals surface area contributed by atoms with Crippen LogP contribution >= 0.6 is 0 Å². The molecular weight excluding hydrogens is 735 g/mol. The van der Waals surface area contributed by atoms with Crippen LogP contribution in [0.25, 0.3) is 0 Å². The first-order valence-electron chi connectivity index (χ1n) is 24.7. The lowest BCUT2D eigenvalue weighted by atomic mass is 10.0. The Bertz CT molecular complexity index is 1210. The van der Waals surface area contributed by atoms with E-state index in [1.54, 1.807) is 0 Å². The van der Waals surface area contributed by atoms with Gasteiger partial charge in [0.1, 0.15) is 0 Å². The highest BCUT2D eigenvalue weighted by atomic mass is 16.3. The van der Waals surface area contributed by atoms with Gasteiger partial charge in [0.05, 0.1) is 18.8 Å². The zero-order valence-corrected chi connectivity index (χ0v) is 38.9. The van der Waals surface area contributed by atoms with Gasteiger partial charge in [-0.3, -0.25) is 4.79 Å². The van der Waals surface area contributed by atoms with Gasteiger partial charge < -0.3 is 15.5 Å². The van der Waals surface area contributed by atoms with Crippen molar-refractivity contribution in [1.82, 2.24) is 5.32 Å². The summed E-state index contributed by atoms with van der Waals surface area (Å²) in [5, 5.41) is 23.2. The molecule has 2 atom stereocenters. The third-order valence-corrected chi connectivity index (χ3v) is 10.5. The van der Waals surface area contributed by atoms with Gasteiger partial charge in [-0.05, 0) is 89.9 Å². The molecular formula is C56H93NO3. The lowest BCUT2D eigenvalue weighted by Crippen LogP contribution is -2.45. The van der Waals surface area contributed by atoms with E-state index >= 15 is 0 Å². The molecule has 0 aliphatic carbocycles. The van der Waals surface area contributed by atoms with Gasteiger partial charge in [0.15, 0.2) is 0 Å². The SMILES string of the molecule is CC/C=C\C/C=C\C/C=C\C/C=C\C/C=C\C/C=C\C/C=C\C/C=C\C/C=C\C/C=C\CCCCC(=O)NC(CO)C(O)CCCCCCCCCCCCCCCCC. The predicted octanol–water partition coefficient (Wildman–Crippen LogP) is 16.1. The lowest BCUT2D eigenvalue weighted by molar-refractivity contribution is -0.123. The van der Waals surface area contributed by atoms with E-state index in [0.29, 0.717) is 12.8 Å². The van der Waals surface area contributed by atoms with Gasteiger partial charge in [0.25, 0.3) is 0 Å². The second-order valence-electron chi connectivity index (χ2n) is 16.2. The summed E-state index contributed by atoms with van der Waals surface area (Å²) in [4.78, 5) is 12.4. The number of nitrogens with one attached hydrogen (secondary N) is 1. The van der Waals surface area contributed by atoms with Gasteiger partial charge in [-0.1, -0.05) is 232 Å². The summed E-state index contributed by atoms with van der Waals surface area (Å²) < 4.78 is 0. The molecule has 340 valence electrons. The summed E-state index contributed by atoms with van der Waals surface area (Å²) in [6, 6.07) is -0.568.